The van der Waals surface area contributed by atoms with Crippen molar-refractivity contribution < 1.29 is 18.0 Å². The van der Waals surface area contributed by atoms with Gasteiger partial charge in [-0.1, -0.05) is 25.7 Å². The van der Waals surface area contributed by atoms with Gasteiger partial charge in [-0.25, -0.2) is 14.8 Å². The van der Waals surface area contributed by atoms with Crippen molar-refractivity contribution in [2.75, 3.05) is 0 Å². The second kappa shape index (κ2) is 7.17. The zero-order valence-electron chi connectivity index (χ0n) is 14.0. The minimum absolute atomic E-state index is 0.0521. The molecule has 2 amide bonds. The van der Waals surface area contributed by atoms with Crippen molar-refractivity contribution in [2.45, 2.75) is 70.1 Å². The van der Waals surface area contributed by atoms with E-state index in [2.05, 4.69) is 20.6 Å². The third-order valence-corrected chi connectivity index (χ3v) is 5.46. The molecule has 0 radical (unpaired) electrons. The van der Waals surface area contributed by atoms with E-state index in [0.29, 0.717) is 0 Å². The van der Waals surface area contributed by atoms with E-state index in [0.717, 1.165) is 44.4 Å². The van der Waals surface area contributed by atoms with E-state index in [1.807, 2.05) is 0 Å². The third kappa shape index (κ3) is 4.22. The first-order valence-electron chi connectivity index (χ1n) is 8.83. The first-order valence-corrected chi connectivity index (χ1v) is 8.83. The lowest BCUT2D eigenvalue weighted by Crippen LogP contribution is -2.48. The molecular formula is C17H23F3N4O. The summed E-state index contributed by atoms with van der Waals surface area (Å²) in [5, 5.41) is 5.61. The smallest absolute Gasteiger partial charge is 0.335 e. The van der Waals surface area contributed by atoms with Crippen molar-refractivity contribution in [2.24, 2.45) is 5.41 Å². The summed E-state index contributed by atoms with van der Waals surface area (Å²) >= 11 is 0. The topological polar surface area (TPSA) is 66.9 Å². The second-order valence-corrected chi connectivity index (χ2v) is 7.05. The van der Waals surface area contributed by atoms with E-state index in [4.69, 9.17) is 0 Å². The van der Waals surface area contributed by atoms with Gasteiger partial charge in [0.15, 0.2) is 0 Å². The minimum Gasteiger partial charge on any atom is -0.335 e. The number of carbonyl (C=O) groups excluding carboxylic acids is 1. The zero-order chi connectivity index (χ0) is 17.9. The molecule has 1 aromatic rings. The van der Waals surface area contributed by atoms with E-state index in [1.54, 1.807) is 0 Å². The number of nitrogens with zero attached hydrogens (tertiary/aromatic N) is 2. The second-order valence-electron chi connectivity index (χ2n) is 7.05. The summed E-state index contributed by atoms with van der Waals surface area (Å²) in [5.41, 5.74) is -0.792. The summed E-state index contributed by atoms with van der Waals surface area (Å²) in [5.74, 6) is -0.0521. The normalized spacial score (nSPS) is 22.8. The Morgan fingerprint density at radius 1 is 1.20 bits per heavy atom. The number of urea groups is 1. The summed E-state index contributed by atoms with van der Waals surface area (Å²) in [4.78, 5) is 19.4. The molecule has 2 N–H and O–H groups in total. The lowest BCUT2D eigenvalue weighted by Gasteiger charge is -2.39. The molecule has 0 saturated heterocycles. The molecule has 2 saturated carbocycles. The van der Waals surface area contributed by atoms with Gasteiger partial charge in [0.05, 0.1) is 6.54 Å². The van der Waals surface area contributed by atoms with Crippen LogP contribution in [0.1, 0.15) is 62.9 Å². The molecule has 0 bridgehead atoms. The monoisotopic (exact) mass is 356 g/mol. The van der Waals surface area contributed by atoms with Crippen LogP contribution in [0.15, 0.2) is 12.3 Å². The van der Waals surface area contributed by atoms with Crippen molar-refractivity contribution in [1.82, 2.24) is 20.6 Å². The van der Waals surface area contributed by atoms with Gasteiger partial charge < -0.3 is 10.6 Å². The molecule has 2 fully saturated rings. The number of hydrogen-bond acceptors (Lipinski definition) is 3. The van der Waals surface area contributed by atoms with Crippen molar-refractivity contribution >= 4 is 6.03 Å². The third-order valence-electron chi connectivity index (χ3n) is 5.46. The molecule has 8 heteroatoms. The van der Waals surface area contributed by atoms with Gasteiger partial charge in [-0.3, -0.25) is 0 Å². The average Bonchev–Trinajstić information content (AvgIpc) is 2.95. The molecule has 2 aliphatic carbocycles. The van der Waals surface area contributed by atoms with E-state index < -0.39 is 11.9 Å². The number of halogens is 3. The Bertz CT molecular complexity index is 614. The maximum absolute atomic E-state index is 12.6. The highest BCUT2D eigenvalue weighted by atomic mass is 19.4. The molecule has 3 rings (SSSR count). The molecule has 1 heterocycles. The van der Waals surface area contributed by atoms with Crippen LogP contribution >= 0.6 is 0 Å². The Morgan fingerprint density at radius 3 is 2.64 bits per heavy atom. The summed E-state index contributed by atoms with van der Waals surface area (Å²) in [6.45, 7) is -0.129. The predicted molar refractivity (Wildman–Crippen MR) is 85.6 cm³/mol. The molecular weight excluding hydrogens is 333 g/mol. The van der Waals surface area contributed by atoms with Crippen LogP contribution in [0.2, 0.25) is 0 Å². The van der Waals surface area contributed by atoms with Gasteiger partial charge in [-0.15, -0.1) is 0 Å². The summed E-state index contributed by atoms with van der Waals surface area (Å²) in [7, 11) is 0. The molecule has 5 nitrogen and oxygen atoms in total. The van der Waals surface area contributed by atoms with Gasteiger partial charge in [-0.05, 0) is 37.2 Å². The predicted octanol–water partition coefficient (Wildman–Crippen LogP) is 3.80. The van der Waals surface area contributed by atoms with Crippen LogP contribution in [0.4, 0.5) is 18.0 Å². The van der Waals surface area contributed by atoms with Crippen molar-refractivity contribution in [3.8, 4) is 0 Å². The molecule has 138 valence electrons. The van der Waals surface area contributed by atoms with Crippen molar-refractivity contribution in [3.05, 3.63) is 23.8 Å². The fourth-order valence-corrected chi connectivity index (χ4v) is 4.23. The average molecular weight is 356 g/mol. The standard InChI is InChI=1S/C17H23F3N4O/c18-17(19,20)13-6-10-21-14(23-13)11-22-15(25)24-12-5-4-9-16(12)7-2-1-3-8-16/h6,10,12H,1-5,7-9,11H2,(H2,22,24,25). The van der Waals surface area contributed by atoms with Crippen LogP contribution in [0.25, 0.3) is 0 Å². The van der Waals surface area contributed by atoms with Gasteiger partial charge in [0, 0.05) is 12.2 Å². The number of rotatable bonds is 3. The molecule has 2 aliphatic rings. The van der Waals surface area contributed by atoms with Gasteiger partial charge in [-0.2, -0.15) is 13.2 Å². The van der Waals surface area contributed by atoms with Crippen LogP contribution in [0.3, 0.4) is 0 Å². The quantitative estimate of drug-likeness (QED) is 0.866. The van der Waals surface area contributed by atoms with E-state index >= 15 is 0 Å². The number of alkyl halides is 3. The fraction of sp³-hybridized carbons (Fsp3) is 0.706. The van der Waals surface area contributed by atoms with Crippen LogP contribution in [-0.4, -0.2) is 22.0 Å². The number of nitrogens with one attached hydrogen (secondary N) is 2. The number of carbonyl (C=O) groups is 1. The van der Waals surface area contributed by atoms with Gasteiger partial charge in [0.1, 0.15) is 11.5 Å². The molecule has 1 unspecified atom stereocenters. The molecule has 25 heavy (non-hydrogen) atoms. The van der Waals surface area contributed by atoms with Crippen LogP contribution in [0.5, 0.6) is 0 Å². The van der Waals surface area contributed by atoms with Gasteiger partial charge in [0.2, 0.25) is 0 Å². The number of hydrogen-bond donors (Lipinski definition) is 2. The lowest BCUT2D eigenvalue weighted by atomic mass is 9.70. The highest BCUT2D eigenvalue weighted by Crippen LogP contribution is 2.49. The Hall–Kier alpha value is -1.86. The highest BCUT2D eigenvalue weighted by molar-refractivity contribution is 5.74. The first-order chi connectivity index (χ1) is 11.9. The maximum atomic E-state index is 12.6. The van der Waals surface area contributed by atoms with Gasteiger partial charge >= 0.3 is 12.2 Å². The Balaban J connectivity index is 1.55. The highest BCUT2D eigenvalue weighted by Gasteiger charge is 2.43. The van der Waals surface area contributed by atoms with Crippen molar-refractivity contribution in [3.63, 3.8) is 0 Å². The Kier molecular flexibility index (Phi) is 5.15. The molecule has 1 atom stereocenters. The number of aromatic nitrogens is 2. The number of amides is 2. The minimum atomic E-state index is -4.52. The molecule has 1 spiro atoms. The zero-order valence-corrected chi connectivity index (χ0v) is 14.0. The fourth-order valence-electron chi connectivity index (χ4n) is 4.23. The molecule has 1 aromatic heterocycles. The summed E-state index contributed by atoms with van der Waals surface area (Å²) in [6, 6.07) is 0.600. The maximum Gasteiger partial charge on any atom is 0.433 e. The molecule has 0 aromatic carbocycles. The first kappa shape index (κ1) is 17.9. The SMILES string of the molecule is O=C(NCc1nccc(C(F)(F)F)n1)NC1CCCC12CCCCC2. The summed E-state index contributed by atoms with van der Waals surface area (Å²) in [6.07, 6.45) is 5.73. The Morgan fingerprint density at radius 2 is 1.92 bits per heavy atom. The van der Waals surface area contributed by atoms with Crippen LogP contribution in [-0.2, 0) is 12.7 Å². The van der Waals surface area contributed by atoms with E-state index in [9.17, 15) is 18.0 Å². The van der Waals surface area contributed by atoms with Crippen LogP contribution in [0, 0.1) is 5.41 Å². The van der Waals surface area contributed by atoms with Crippen LogP contribution < -0.4 is 10.6 Å². The van der Waals surface area contributed by atoms with Crippen molar-refractivity contribution in [1.29, 1.82) is 0 Å². The summed E-state index contributed by atoms with van der Waals surface area (Å²) < 4.78 is 37.9. The van der Waals surface area contributed by atoms with Gasteiger partial charge in [0.25, 0.3) is 0 Å². The molecule has 0 aliphatic heterocycles. The van der Waals surface area contributed by atoms with E-state index in [1.165, 1.54) is 19.3 Å². The lowest BCUT2D eigenvalue weighted by molar-refractivity contribution is -0.141. The largest absolute Gasteiger partial charge is 0.433 e. The Labute approximate surface area is 144 Å². The van der Waals surface area contributed by atoms with E-state index in [-0.39, 0.29) is 29.9 Å².